The molecular formula is C17H19ClN2O2. The molecule has 0 bridgehead atoms. The average Bonchev–Trinajstić information content (AvgIpc) is 2.73. The number of anilines is 1. The van der Waals surface area contributed by atoms with Crippen LogP contribution in [0.15, 0.2) is 35.0 Å². The van der Waals surface area contributed by atoms with Crippen LogP contribution in [0.2, 0.25) is 0 Å². The fourth-order valence-corrected chi connectivity index (χ4v) is 3.33. The average molecular weight is 319 g/mol. The highest BCUT2D eigenvalue weighted by Crippen LogP contribution is 2.31. The number of nitrogens with one attached hydrogen (secondary N) is 1. The Morgan fingerprint density at radius 3 is 2.45 bits per heavy atom. The maximum atomic E-state index is 12.7. The zero-order valence-electron chi connectivity index (χ0n) is 12.6. The van der Waals surface area contributed by atoms with Crippen molar-refractivity contribution >= 4 is 29.1 Å². The van der Waals surface area contributed by atoms with Crippen LogP contribution in [0.5, 0.6) is 0 Å². The van der Waals surface area contributed by atoms with Crippen molar-refractivity contribution < 1.29 is 9.59 Å². The van der Waals surface area contributed by atoms with Crippen LogP contribution in [0.1, 0.15) is 37.7 Å². The van der Waals surface area contributed by atoms with Gasteiger partial charge in [0.2, 0.25) is 0 Å². The molecule has 3 rings (SSSR count). The predicted molar refractivity (Wildman–Crippen MR) is 86.6 cm³/mol. The van der Waals surface area contributed by atoms with Gasteiger partial charge < -0.3 is 5.32 Å². The highest BCUT2D eigenvalue weighted by molar-refractivity contribution is 6.52. The summed E-state index contributed by atoms with van der Waals surface area (Å²) in [4.78, 5) is 26.2. The number of hydrogen-bond donors (Lipinski definition) is 1. The minimum atomic E-state index is -0.445. The minimum absolute atomic E-state index is 0.00109. The van der Waals surface area contributed by atoms with E-state index in [0.29, 0.717) is 5.69 Å². The molecule has 1 heterocycles. The molecule has 1 aromatic rings. The molecule has 0 unspecified atom stereocenters. The van der Waals surface area contributed by atoms with Gasteiger partial charge in [-0.2, -0.15) is 0 Å². The SMILES string of the molecule is Cc1ccccc1N1C(=O)C(Cl)=C(NC2CCCCC2)C1=O. The number of nitrogens with zero attached hydrogens (tertiary/aromatic N) is 1. The van der Waals surface area contributed by atoms with E-state index in [1.807, 2.05) is 25.1 Å². The topological polar surface area (TPSA) is 49.4 Å². The monoisotopic (exact) mass is 318 g/mol. The molecule has 2 aliphatic rings. The fraction of sp³-hybridized carbons (Fsp3) is 0.412. The van der Waals surface area contributed by atoms with Crippen molar-refractivity contribution in [2.24, 2.45) is 0 Å². The highest BCUT2D eigenvalue weighted by atomic mass is 35.5. The molecule has 0 aromatic heterocycles. The highest BCUT2D eigenvalue weighted by Gasteiger charge is 2.40. The number of benzene rings is 1. The van der Waals surface area contributed by atoms with Crippen molar-refractivity contribution in [3.05, 3.63) is 40.6 Å². The maximum absolute atomic E-state index is 12.7. The molecule has 1 aromatic carbocycles. The third-order valence-corrected chi connectivity index (χ3v) is 4.69. The Balaban J connectivity index is 1.85. The molecule has 0 spiro atoms. The number of imide groups is 1. The first kappa shape index (κ1) is 15.1. The largest absolute Gasteiger partial charge is 0.376 e. The van der Waals surface area contributed by atoms with Gasteiger partial charge in [0.1, 0.15) is 10.7 Å². The molecule has 0 saturated heterocycles. The Morgan fingerprint density at radius 1 is 1.09 bits per heavy atom. The van der Waals surface area contributed by atoms with Crippen molar-refractivity contribution in [1.82, 2.24) is 5.32 Å². The van der Waals surface area contributed by atoms with E-state index in [4.69, 9.17) is 11.6 Å². The molecule has 0 radical (unpaired) electrons. The van der Waals surface area contributed by atoms with Crippen molar-refractivity contribution in [3.8, 4) is 0 Å². The lowest BCUT2D eigenvalue weighted by molar-refractivity contribution is -0.120. The van der Waals surface area contributed by atoms with Gasteiger partial charge in [0, 0.05) is 6.04 Å². The van der Waals surface area contributed by atoms with Crippen LogP contribution in [0, 0.1) is 6.92 Å². The molecule has 0 atom stereocenters. The number of hydrogen-bond acceptors (Lipinski definition) is 3. The van der Waals surface area contributed by atoms with Crippen LogP contribution < -0.4 is 10.2 Å². The van der Waals surface area contributed by atoms with Crippen molar-refractivity contribution in [2.45, 2.75) is 45.1 Å². The van der Waals surface area contributed by atoms with E-state index in [1.54, 1.807) is 6.07 Å². The summed E-state index contributed by atoms with van der Waals surface area (Å²) in [6.45, 7) is 1.87. The second-order valence-corrected chi connectivity index (χ2v) is 6.28. The molecule has 22 heavy (non-hydrogen) atoms. The summed E-state index contributed by atoms with van der Waals surface area (Å²) in [5, 5.41) is 3.20. The number of carbonyl (C=O) groups excluding carboxylic acids is 2. The van der Waals surface area contributed by atoms with Gasteiger partial charge in [-0.1, -0.05) is 49.1 Å². The molecule has 1 saturated carbocycles. The lowest BCUT2D eigenvalue weighted by atomic mass is 9.95. The number of halogens is 1. The first-order valence-electron chi connectivity index (χ1n) is 7.70. The normalized spacial score (nSPS) is 20.0. The zero-order chi connectivity index (χ0) is 15.7. The Bertz CT molecular complexity index is 648. The summed E-state index contributed by atoms with van der Waals surface area (Å²) in [6, 6.07) is 7.55. The molecule has 116 valence electrons. The van der Waals surface area contributed by atoms with Gasteiger partial charge in [0.15, 0.2) is 0 Å². The molecule has 1 N–H and O–H groups in total. The Morgan fingerprint density at radius 2 is 1.77 bits per heavy atom. The Kier molecular flexibility index (Phi) is 4.21. The molecule has 5 heteroatoms. The standard InChI is InChI=1S/C17H19ClN2O2/c1-11-7-5-6-10-13(11)20-16(21)14(18)15(17(20)22)19-12-8-3-2-4-9-12/h5-7,10,12,19H,2-4,8-9H2,1H3. The smallest absolute Gasteiger partial charge is 0.283 e. The molecule has 1 fully saturated rings. The van der Waals surface area contributed by atoms with Crippen molar-refractivity contribution in [3.63, 3.8) is 0 Å². The molecular weight excluding hydrogens is 300 g/mol. The second-order valence-electron chi connectivity index (χ2n) is 5.90. The summed E-state index contributed by atoms with van der Waals surface area (Å²) in [6.07, 6.45) is 5.55. The number of para-hydroxylation sites is 1. The van der Waals surface area contributed by atoms with Gasteiger partial charge in [0.05, 0.1) is 5.69 Å². The van der Waals surface area contributed by atoms with Crippen LogP contribution in [-0.4, -0.2) is 17.9 Å². The van der Waals surface area contributed by atoms with Gasteiger partial charge in [-0.05, 0) is 31.4 Å². The van der Waals surface area contributed by atoms with Gasteiger partial charge >= 0.3 is 0 Å². The van der Waals surface area contributed by atoms with Gasteiger partial charge in [-0.15, -0.1) is 0 Å². The van der Waals surface area contributed by atoms with Crippen molar-refractivity contribution in [2.75, 3.05) is 4.90 Å². The van der Waals surface area contributed by atoms with Gasteiger partial charge in [0.25, 0.3) is 11.8 Å². The van der Waals surface area contributed by atoms with Crippen LogP contribution in [-0.2, 0) is 9.59 Å². The predicted octanol–water partition coefficient (Wildman–Crippen LogP) is 3.24. The molecule has 4 nitrogen and oxygen atoms in total. The Hall–Kier alpha value is -1.81. The van der Waals surface area contributed by atoms with E-state index < -0.39 is 5.91 Å². The molecule has 1 aliphatic carbocycles. The van der Waals surface area contributed by atoms with E-state index in [9.17, 15) is 9.59 Å². The summed E-state index contributed by atoms with van der Waals surface area (Å²) in [5.74, 6) is -0.797. The maximum Gasteiger partial charge on any atom is 0.283 e. The van der Waals surface area contributed by atoms with Gasteiger partial charge in [-0.3, -0.25) is 9.59 Å². The van der Waals surface area contributed by atoms with Crippen LogP contribution in [0.3, 0.4) is 0 Å². The number of aryl methyl sites for hydroxylation is 1. The first-order chi connectivity index (χ1) is 10.6. The number of amides is 2. The molecule has 2 amide bonds. The summed E-state index contributed by atoms with van der Waals surface area (Å²) in [5.41, 5.74) is 1.71. The van der Waals surface area contributed by atoms with E-state index in [1.165, 1.54) is 11.3 Å². The third kappa shape index (κ3) is 2.63. The second kappa shape index (κ2) is 6.13. The van der Waals surface area contributed by atoms with Gasteiger partial charge in [-0.25, -0.2) is 4.90 Å². The summed E-state index contributed by atoms with van der Waals surface area (Å²) >= 11 is 6.14. The first-order valence-corrected chi connectivity index (χ1v) is 8.08. The zero-order valence-corrected chi connectivity index (χ0v) is 13.3. The van der Waals surface area contributed by atoms with E-state index in [2.05, 4.69) is 5.32 Å². The minimum Gasteiger partial charge on any atom is -0.376 e. The van der Waals surface area contributed by atoms with Crippen LogP contribution >= 0.6 is 11.6 Å². The van der Waals surface area contributed by atoms with E-state index >= 15 is 0 Å². The molecule has 1 aliphatic heterocycles. The van der Waals surface area contributed by atoms with Crippen LogP contribution in [0.4, 0.5) is 5.69 Å². The summed E-state index contributed by atoms with van der Waals surface area (Å²) in [7, 11) is 0. The van der Waals surface area contributed by atoms with Crippen LogP contribution in [0.25, 0.3) is 0 Å². The lowest BCUT2D eigenvalue weighted by Crippen LogP contribution is -2.37. The van der Waals surface area contributed by atoms with E-state index in [0.717, 1.165) is 31.2 Å². The van der Waals surface area contributed by atoms with Crippen molar-refractivity contribution in [1.29, 1.82) is 0 Å². The quantitative estimate of drug-likeness (QED) is 0.870. The third-order valence-electron chi connectivity index (χ3n) is 4.34. The fourth-order valence-electron chi connectivity index (χ4n) is 3.11. The number of carbonyl (C=O) groups is 2. The van der Waals surface area contributed by atoms with E-state index in [-0.39, 0.29) is 22.7 Å². The lowest BCUT2D eigenvalue weighted by Gasteiger charge is -2.24. The summed E-state index contributed by atoms with van der Waals surface area (Å²) < 4.78 is 0. The Labute approximate surface area is 135 Å². The number of rotatable bonds is 3.